The van der Waals surface area contributed by atoms with Crippen LogP contribution >= 0.6 is 11.8 Å². The molecule has 0 fully saturated rings. The average Bonchev–Trinajstić information content (AvgIpc) is 2.95. The highest BCUT2D eigenvalue weighted by Gasteiger charge is 1.97. The molecule has 0 spiro atoms. The Labute approximate surface area is 246 Å². The maximum Gasteiger partial charge on any atom is 0.115 e. The third kappa shape index (κ3) is 25.1. The smallest absolute Gasteiger partial charge is 0.115 e. The molecule has 0 bridgehead atoms. The molecule has 0 aliphatic carbocycles. The largest absolute Gasteiger partial charge is 0.508 e. The van der Waals surface area contributed by atoms with E-state index in [1.54, 1.807) is 36.4 Å². The van der Waals surface area contributed by atoms with Gasteiger partial charge in [-0.1, -0.05) is 160 Å². The molecule has 0 unspecified atom stereocenters. The number of rotatable bonds is 24. The van der Waals surface area contributed by atoms with Gasteiger partial charge in [-0.2, -0.15) is 0 Å². The van der Waals surface area contributed by atoms with Crippen LogP contribution in [0.3, 0.4) is 0 Å². The van der Waals surface area contributed by atoms with Crippen LogP contribution in [-0.4, -0.2) is 16.0 Å². The first kappa shape index (κ1) is 35.4. The molecule has 2 N–H and O–H groups in total. The minimum atomic E-state index is 0.322. The summed E-state index contributed by atoms with van der Waals surface area (Å²) in [6, 6.07) is 16.3. The molecule has 3 heteroatoms. The molecule has 39 heavy (non-hydrogen) atoms. The van der Waals surface area contributed by atoms with Crippen molar-refractivity contribution < 1.29 is 10.2 Å². The first-order chi connectivity index (χ1) is 19.2. The fourth-order valence-corrected chi connectivity index (χ4v) is 5.78. The maximum absolute atomic E-state index is 9.30. The number of aromatic hydroxyl groups is 2. The minimum Gasteiger partial charge on any atom is -0.508 e. The van der Waals surface area contributed by atoms with Gasteiger partial charge in [-0.05, 0) is 48.6 Å². The lowest BCUT2D eigenvalue weighted by Gasteiger charge is -2.04. The Balaban J connectivity index is 0.000000934. The fraction of sp³-hybridized carbons (Fsp3) is 0.667. The van der Waals surface area contributed by atoms with E-state index >= 15 is 0 Å². The van der Waals surface area contributed by atoms with Crippen LogP contribution in [0.5, 0.6) is 11.5 Å². The van der Waals surface area contributed by atoms with Crippen molar-refractivity contribution in [2.45, 2.75) is 153 Å². The molecule has 0 radical (unpaired) electrons. The number of thioether (sulfide) groups is 1. The van der Waals surface area contributed by atoms with E-state index in [0.29, 0.717) is 11.5 Å². The highest BCUT2D eigenvalue weighted by atomic mass is 32.2. The lowest BCUT2D eigenvalue weighted by atomic mass is 10.0. The van der Waals surface area contributed by atoms with Gasteiger partial charge in [0.25, 0.3) is 0 Å². The molecule has 2 nitrogen and oxygen atoms in total. The predicted octanol–water partition coefficient (Wildman–Crippen LogP) is 12.5. The van der Waals surface area contributed by atoms with E-state index < -0.39 is 0 Å². The summed E-state index contributed by atoms with van der Waals surface area (Å²) in [7, 11) is 0. The molecule has 222 valence electrons. The summed E-state index contributed by atoms with van der Waals surface area (Å²) < 4.78 is 0. The van der Waals surface area contributed by atoms with Crippen LogP contribution < -0.4 is 0 Å². The van der Waals surface area contributed by atoms with Crippen LogP contribution in [0.1, 0.15) is 148 Å². The van der Waals surface area contributed by atoms with Gasteiger partial charge in [0.1, 0.15) is 11.5 Å². The standard InChI is InChI=1S/C30H54OS.C6H6O/c1-2-3-4-5-6-7-8-9-10-11-12-13-14-15-16-17-18-19-20-21-22-23-28-32-30-26-24-29(31)25-27-30;7-6-4-2-1-3-5-6/h24-27,31H,2-23,28H2,1H3;1-5,7H. The molecule has 0 aliphatic rings. The lowest BCUT2D eigenvalue weighted by molar-refractivity contribution is 0.474. The highest BCUT2D eigenvalue weighted by molar-refractivity contribution is 7.99. The van der Waals surface area contributed by atoms with Crippen LogP contribution in [0.2, 0.25) is 0 Å². The van der Waals surface area contributed by atoms with Crippen molar-refractivity contribution in [2.75, 3.05) is 5.75 Å². The van der Waals surface area contributed by atoms with Crippen molar-refractivity contribution in [2.24, 2.45) is 0 Å². The number of phenolic OH excluding ortho intramolecular Hbond substituents is 2. The van der Waals surface area contributed by atoms with E-state index in [1.165, 1.54) is 152 Å². The summed E-state index contributed by atoms with van der Waals surface area (Å²) in [6.45, 7) is 2.30. The Morgan fingerprint density at radius 1 is 0.410 bits per heavy atom. The van der Waals surface area contributed by atoms with Crippen molar-refractivity contribution in [3.8, 4) is 11.5 Å². The summed E-state index contributed by atoms with van der Waals surface area (Å²) in [5.41, 5.74) is 0. The molecule has 0 heterocycles. The van der Waals surface area contributed by atoms with Gasteiger partial charge < -0.3 is 10.2 Å². The SMILES string of the molecule is CCCCCCCCCCCCCCCCCCCCCCCCSc1ccc(O)cc1.Oc1ccccc1. The molecule has 0 amide bonds. The monoisotopic (exact) mass is 556 g/mol. The van der Waals surface area contributed by atoms with Crippen LogP contribution in [0.25, 0.3) is 0 Å². The van der Waals surface area contributed by atoms with Gasteiger partial charge in [0.2, 0.25) is 0 Å². The number of unbranched alkanes of at least 4 members (excludes halogenated alkanes) is 21. The second-order valence-corrected chi connectivity index (χ2v) is 12.3. The third-order valence-electron chi connectivity index (χ3n) is 7.36. The van der Waals surface area contributed by atoms with E-state index in [4.69, 9.17) is 5.11 Å². The third-order valence-corrected chi connectivity index (χ3v) is 8.46. The molecule has 0 atom stereocenters. The van der Waals surface area contributed by atoms with E-state index in [1.807, 2.05) is 30.0 Å². The quantitative estimate of drug-likeness (QED) is 0.0997. The molecule has 2 rings (SSSR count). The summed E-state index contributed by atoms with van der Waals surface area (Å²) in [4.78, 5) is 1.27. The summed E-state index contributed by atoms with van der Waals surface area (Å²) in [5.74, 6) is 1.88. The molecule has 0 saturated heterocycles. The van der Waals surface area contributed by atoms with Gasteiger partial charge in [-0.3, -0.25) is 0 Å². The Bertz CT molecular complexity index is 731. The number of hydrogen-bond acceptors (Lipinski definition) is 3. The van der Waals surface area contributed by atoms with Gasteiger partial charge in [0.05, 0.1) is 0 Å². The summed E-state index contributed by atoms with van der Waals surface area (Å²) in [5, 5.41) is 17.9. The van der Waals surface area contributed by atoms with E-state index in [9.17, 15) is 5.11 Å². The highest BCUT2D eigenvalue weighted by Crippen LogP contribution is 2.22. The van der Waals surface area contributed by atoms with Crippen molar-refractivity contribution >= 4 is 11.8 Å². The lowest BCUT2D eigenvalue weighted by Crippen LogP contribution is -1.85. The second-order valence-electron chi connectivity index (χ2n) is 11.1. The predicted molar refractivity (Wildman–Crippen MR) is 174 cm³/mol. The topological polar surface area (TPSA) is 40.5 Å². The molecule has 2 aromatic carbocycles. The molecule has 0 aliphatic heterocycles. The number of benzene rings is 2. The molecular formula is C36H60O2S. The van der Waals surface area contributed by atoms with Crippen molar-refractivity contribution in [3.63, 3.8) is 0 Å². The summed E-state index contributed by atoms with van der Waals surface area (Å²) >= 11 is 1.91. The Kier molecular flexibility index (Phi) is 25.4. The zero-order chi connectivity index (χ0) is 28.1. The van der Waals surface area contributed by atoms with Gasteiger partial charge >= 0.3 is 0 Å². The first-order valence-corrected chi connectivity index (χ1v) is 17.4. The van der Waals surface area contributed by atoms with Crippen LogP contribution in [0.15, 0.2) is 59.5 Å². The molecule has 0 aromatic heterocycles. The molecular weight excluding hydrogens is 496 g/mol. The van der Waals surface area contributed by atoms with E-state index in [2.05, 4.69) is 6.92 Å². The van der Waals surface area contributed by atoms with Gasteiger partial charge in [-0.15, -0.1) is 11.8 Å². The van der Waals surface area contributed by atoms with E-state index in [-0.39, 0.29) is 0 Å². The van der Waals surface area contributed by atoms with Gasteiger partial charge in [-0.25, -0.2) is 0 Å². The minimum absolute atomic E-state index is 0.322. The summed E-state index contributed by atoms with van der Waals surface area (Å²) in [6.07, 6.45) is 31.7. The number of hydrogen-bond donors (Lipinski definition) is 2. The maximum atomic E-state index is 9.30. The first-order valence-electron chi connectivity index (χ1n) is 16.4. The fourth-order valence-electron chi connectivity index (χ4n) is 4.87. The van der Waals surface area contributed by atoms with Gasteiger partial charge in [0.15, 0.2) is 0 Å². The van der Waals surface area contributed by atoms with Crippen molar-refractivity contribution in [1.82, 2.24) is 0 Å². The second kappa shape index (κ2) is 27.9. The Morgan fingerprint density at radius 2 is 0.744 bits per heavy atom. The van der Waals surface area contributed by atoms with Crippen LogP contribution in [0, 0.1) is 0 Å². The Morgan fingerprint density at radius 3 is 1.08 bits per heavy atom. The normalized spacial score (nSPS) is 10.8. The van der Waals surface area contributed by atoms with Crippen molar-refractivity contribution in [1.29, 1.82) is 0 Å². The van der Waals surface area contributed by atoms with Crippen molar-refractivity contribution in [3.05, 3.63) is 54.6 Å². The number of para-hydroxylation sites is 1. The van der Waals surface area contributed by atoms with Crippen LogP contribution in [0.4, 0.5) is 0 Å². The number of phenols is 2. The zero-order valence-corrected chi connectivity index (χ0v) is 26.1. The van der Waals surface area contributed by atoms with Crippen LogP contribution in [-0.2, 0) is 0 Å². The molecule has 0 saturated carbocycles. The Hall–Kier alpha value is -1.61. The molecule has 2 aromatic rings. The average molecular weight is 557 g/mol. The van der Waals surface area contributed by atoms with E-state index in [0.717, 1.165) is 0 Å². The van der Waals surface area contributed by atoms with Gasteiger partial charge in [0, 0.05) is 4.90 Å². The zero-order valence-electron chi connectivity index (χ0n) is 25.3.